The molecule has 0 aromatic heterocycles. The van der Waals surface area contributed by atoms with Crippen molar-refractivity contribution in [3.8, 4) is 0 Å². The van der Waals surface area contributed by atoms with E-state index in [1.165, 1.54) is 19.3 Å². The van der Waals surface area contributed by atoms with Crippen LogP contribution in [0.25, 0.3) is 0 Å². The maximum atomic E-state index is 5.49. The number of nitrogens with one attached hydrogen (secondary N) is 1. The van der Waals surface area contributed by atoms with Gasteiger partial charge >= 0.3 is 0 Å². The van der Waals surface area contributed by atoms with Gasteiger partial charge in [0.05, 0.1) is 33.0 Å². The van der Waals surface area contributed by atoms with E-state index >= 15 is 0 Å². The van der Waals surface area contributed by atoms with Crippen molar-refractivity contribution in [3.05, 3.63) is 0 Å². The summed E-state index contributed by atoms with van der Waals surface area (Å²) in [6, 6.07) is 0.698. The molecule has 0 aromatic carbocycles. The Balaban J connectivity index is 1.79. The van der Waals surface area contributed by atoms with E-state index in [9.17, 15) is 0 Å². The van der Waals surface area contributed by atoms with E-state index in [0.717, 1.165) is 18.4 Å². The van der Waals surface area contributed by atoms with Crippen molar-refractivity contribution in [2.45, 2.75) is 30.6 Å². The van der Waals surface area contributed by atoms with Crippen LogP contribution in [0.3, 0.4) is 0 Å². The fourth-order valence-corrected chi connectivity index (χ4v) is 2.94. The molecule has 1 N–H and O–H groups in total. The number of hydrogen-bond acceptors (Lipinski definition) is 5. The summed E-state index contributed by atoms with van der Waals surface area (Å²) in [6.45, 7) is 4.35. The summed E-state index contributed by atoms with van der Waals surface area (Å²) in [6.07, 6.45) is 6.18. The molecule has 0 saturated heterocycles. The Bertz CT molecular complexity index is 195. The maximum absolute atomic E-state index is 5.49. The van der Waals surface area contributed by atoms with Gasteiger partial charge in [0.2, 0.25) is 0 Å². The van der Waals surface area contributed by atoms with Gasteiger partial charge in [0.1, 0.15) is 0 Å². The van der Waals surface area contributed by atoms with Gasteiger partial charge in [0.25, 0.3) is 0 Å². The van der Waals surface area contributed by atoms with E-state index in [2.05, 4.69) is 11.6 Å². The molecule has 2 atom stereocenters. The lowest BCUT2D eigenvalue weighted by molar-refractivity contribution is 0.0252. The Labute approximate surface area is 115 Å². The first-order valence-electron chi connectivity index (χ1n) is 6.77. The SMILES string of the molecule is COCCOCCOCCNC1CCC(SC)C1. The lowest BCUT2D eigenvalue weighted by Crippen LogP contribution is -2.30. The van der Waals surface area contributed by atoms with Gasteiger partial charge < -0.3 is 19.5 Å². The topological polar surface area (TPSA) is 39.7 Å². The third-order valence-electron chi connectivity index (χ3n) is 3.20. The third-order valence-corrected chi connectivity index (χ3v) is 4.30. The lowest BCUT2D eigenvalue weighted by atomic mass is 10.2. The highest BCUT2D eigenvalue weighted by Crippen LogP contribution is 2.27. The normalized spacial score (nSPS) is 23.7. The van der Waals surface area contributed by atoms with Gasteiger partial charge in [0.15, 0.2) is 0 Å². The lowest BCUT2D eigenvalue weighted by Gasteiger charge is -2.12. The van der Waals surface area contributed by atoms with Gasteiger partial charge in [-0.1, -0.05) is 0 Å². The van der Waals surface area contributed by atoms with Crippen LogP contribution >= 0.6 is 11.8 Å². The molecule has 0 spiro atoms. The number of methoxy groups -OCH3 is 1. The average Bonchev–Trinajstić information content (AvgIpc) is 2.85. The van der Waals surface area contributed by atoms with E-state index in [1.54, 1.807) is 7.11 Å². The molecule has 1 aliphatic carbocycles. The molecule has 0 aliphatic heterocycles. The summed E-state index contributed by atoms with van der Waals surface area (Å²) in [5.74, 6) is 0. The molecule has 1 saturated carbocycles. The molecule has 4 nitrogen and oxygen atoms in total. The first-order chi connectivity index (χ1) is 8.86. The highest BCUT2D eigenvalue weighted by atomic mass is 32.2. The van der Waals surface area contributed by atoms with Crippen LogP contribution in [0.2, 0.25) is 0 Å². The van der Waals surface area contributed by atoms with E-state index in [1.807, 2.05) is 11.8 Å². The zero-order valence-electron chi connectivity index (χ0n) is 11.7. The number of rotatable bonds is 11. The predicted molar refractivity (Wildman–Crippen MR) is 76.5 cm³/mol. The summed E-state index contributed by atoms with van der Waals surface area (Å²) in [4.78, 5) is 0. The molecule has 0 heterocycles. The molecule has 0 aromatic rings. The van der Waals surface area contributed by atoms with Crippen molar-refractivity contribution in [2.24, 2.45) is 0 Å². The molecular weight excluding hydrogens is 250 g/mol. The van der Waals surface area contributed by atoms with Crippen molar-refractivity contribution in [1.29, 1.82) is 0 Å². The molecular formula is C13H27NO3S. The molecule has 108 valence electrons. The molecule has 1 fully saturated rings. The first-order valence-corrected chi connectivity index (χ1v) is 8.06. The Morgan fingerprint density at radius 3 is 2.44 bits per heavy atom. The minimum absolute atomic E-state index is 0.649. The van der Waals surface area contributed by atoms with E-state index < -0.39 is 0 Å². The van der Waals surface area contributed by atoms with Crippen LogP contribution in [-0.4, -0.2) is 64.2 Å². The molecule has 1 rings (SSSR count). The van der Waals surface area contributed by atoms with Crippen LogP contribution in [0.15, 0.2) is 0 Å². The molecule has 0 radical (unpaired) electrons. The average molecular weight is 277 g/mol. The summed E-state index contributed by atoms with van der Waals surface area (Å²) in [5.41, 5.74) is 0. The summed E-state index contributed by atoms with van der Waals surface area (Å²) in [5, 5.41) is 4.42. The van der Waals surface area contributed by atoms with Gasteiger partial charge in [-0.2, -0.15) is 11.8 Å². The van der Waals surface area contributed by atoms with Crippen LogP contribution in [0, 0.1) is 0 Å². The quantitative estimate of drug-likeness (QED) is 0.580. The van der Waals surface area contributed by atoms with Crippen LogP contribution in [0.1, 0.15) is 19.3 Å². The number of thioether (sulfide) groups is 1. The minimum atomic E-state index is 0.649. The van der Waals surface area contributed by atoms with Crippen molar-refractivity contribution in [2.75, 3.05) is 52.9 Å². The molecule has 1 aliphatic rings. The third kappa shape index (κ3) is 7.59. The fraction of sp³-hybridized carbons (Fsp3) is 1.00. The second-order valence-electron chi connectivity index (χ2n) is 4.54. The second kappa shape index (κ2) is 11.1. The van der Waals surface area contributed by atoms with Crippen molar-refractivity contribution in [3.63, 3.8) is 0 Å². The first kappa shape index (κ1) is 16.2. The van der Waals surface area contributed by atoms with Crippen molar-refractivity contribution < 1.29 is 14.2 Å². The van der Waals surface area contributed by atoms with Crippen LogP contribution < -0.4 is 5.32 Å². The smallest absolute Gasteiger partial charge is 0.0701 e. The maximum Gasteiger partial charge on any atom is 0.0701 e. The molecule has 0 amide bonds. The second-order valence-corrected chi connectivity index (χ2v) is 5.68. The summed E-state index contributed by atoms with van der Waals surface area (Å²) >= 11 is 1.99. The van der Waals surface area contributed by atoms with E-state index in [4.69, 9.17) is 14.2 Å². The zero-order chi connectivity index (χ0) is 13.1. The Morgan fingerprint density at radius 1 is 1.06 bits per heavy atom. The van der Waals surface area contributed by atoms with Crippen LogP contribution in [0.4, 0.5) is 0 Å². The van der Waals surface area contributed by atoms with E-state index in [0.29, 0.717) is 32.5 Å². The Kier molecular flexibility index (Phi) is 9.98. The standard InChI is InChI=1S/C13H27NO3S/c1-15-7-8-17-10-9-16-6-5-14-12-3-4-13(11-12)18-2/h12-14H,3-11H2,1-2H3. The van der Waals surface area contributed by atoms with Crippen molar-refractivity contribution in [1.82, 2.24) is 5.32 Å². The van der Waals surface area contributed by atoms with E-state index in [-0.39, 0.29) is 0 Å². The van der Waals surface area contributed by atoms with Gasteiger partial charge in [0, 0.05) is 24.9 Å². The van der Waals surface area contributed by atoms with Gasteiger partial charge in [-0.25, -0.2) is 0 Å². The number of ether oxygens (including phenoxy) is 3. The van der Waals surface area contributed by atoms with Crippen LogP contribution in [0.5, 0.6) is 0 Å². The molecule has 2 unspecified atom stereocenters. The molecule has 18 heavy (non-hydrogen) atoms. The Morgan fingerprint density at radius 2 is 1.78 bits per heavy atom. The van der Waals surface area contributed by atoms with Gasteiger partial charge in [-0.3, -0.25) is 0 Å². The highest BCUT2D eigenvalue weighted by Gasteiger charge is 2.22. The molecule has 0 bridgehead atoms. The highest BCUT2D eigenvalue weighted by molar-refractivity contribution is 7.99. The molecule has 5 heteroatoms. The predicted octanol–water partition coefficient (Wildman–Crippen LogP) is 1.54. The summed E-state index contributed by atoms with van der Waals surface area (Å²) in [7, 11) is 1.68. The Hall–Kier alpha value is 0.190. The zero-order valence-corrected chi connectivity index (χ0v) is 12.5. The minimum Gasteiger partial charge on any atom is -0.382 e. The van der Waals surface area contributed by atoms with Crippen LogP contribution in [-0.2, 0) is 14.2 Å². The van der Waals surface area contributed by atoms with Gasteiger partial charge in [-0.15, -0.1) is 0 Å². The summed E-state index contributed by atoms with van der Waals surface area (Å²) < 4.78 is 15.7. The van der Waals surface area contributed by atoms with Gasteiger partial charge in [-0.05, 0) is 25.5 Å². The largest absolute Gasteiger partial charge is 0.382 e. The number of hydrogen-bond donors (Lipinski definition) is 1. The van der Waals surface area contributed by atoms with Crippen molar-refractivity contribution >= 4 is 11.8 Å². The fourth-order valence-electron chi connectivity index (χ4n) is 2.14. The monoisotopic (exact) mass is 277 g/mol.